The summed E-state index contributed by atoms with van der Waals surface area (Å²) in [4.78, 5) is 39.4. The highest BCUT2D eigenvalue weighted by atomic mass is 32.1. The molecule has 0 atom stereocenters. The van der Waals surface area contributed by atoms with Crippen molar-refractivity contribution in [1.82, 2.24) is 4.90 Å². The Labute approximate surface area is 184 Å². The van der Waals surface area contributed by atoms with Crippen LogP contribution in [0.2, 0.25) is 0 Å². The first-order valence-corrected chi connectivity index (χ1v) is 11.0. The SMILES string of the molecule is NC(=O)c1cc(-c2ccccc2)sc1NC(=O)c1ccc(CN2CCCCC2=O)cc1. The lowest BCUT2D eigenvalue weighted by molar-refractivity contribution is -0.133. The van der Waals surface area contributed by atoms with Crippen LogP contribution in [0.5, 0.6) is 0 Å². The van der Waals surface area contributed by atoms with Gasteiger partial charge in [-0.05, 0) is 42.2 Å². The fourth-order valence-corrected chi connectivity index (χ4v) is 4.66. The molecule has 7 heteroatoms. The van der Waals surface area contributed by atoms with E-state index >= 15 is 0 Å². The van der Waals surface area contributed by atoms with Gasteiger partial charge in [0, 0.05) is 30.0 Å². The number of primary amides is 1. The standard InChI is InChI=1S/C24H23N3O3S/c25-22(29)19-14-20(17-6-2-1-3-7-17)31-24(19)26-23(30)18-11-9-16(10-12-18)15-27-13-5-4-8-21(27)28/h1-3,6-7,9-12,14H,4-5,8,13,15H2,(H2,25,29)(H,26,30). The third kappa shape index (κ3) is 4.83. The van der Waals surface area contributed by atoms with Crippen molar-refractivity contribution in [2.45, 2.75) is 25.8 Å². The van der Waals surface area contributed by atoms with Crippen LogP contribution in [0.15, 0.2) is 60.7 Å². The number of nitrogens with zero attached hydrogens (tertiary/aromatic N) is 1. The summed E-state index contributed by atoms with van der Waals surface area (Å²) in [6.07, 6.45) is 2.59. The fraction of sp³-hybridized carbons (Fsp3) is 0.208. The van der Waals surface area contributed by atoms with Crippen LogP contribution in [0.4, 0.5) is 5.00 Å². The van der Waals surface area contributed by atoms with Crippen LogP contribution in [-0.4, -0.2) is 29.2 Å². The molecular formula is C24H23N3O3S. The van der Waals surface area contributed by atoms with Gasteiger partial charge in [0.15, 0.2) is 0 Å². The number of rotatable bonds is 6. The second-order valence-electron chi connectivity index (χ2n) is 7.51. The predicted octanol–water partition coefficient (Wildman–Crippen LogP) is 4.28. The number of hydrogen-bond donors (Lipinski definition) is 2. The van der Waals surface area contributed by atoms with Gasteiger partial charge in [-0.25, -0.2) is 0 Å². The molecule has 1 saturated heterocycles. The number of nitrogens with one attached hydrogen (secondary N) is 1. The Kier molecular flexibility index (Phi) is 6.13. The smallest absolute Gasteiger partial charge is 0.256 e. The lowest BCUT2D eigenvalue weighted by atomic mass is 10.1. The minimum absolute atomic E-state index is 0.180. The van der Waals surface area contributed by atoms with E-state index < -0.39 is 5.91 Å². The number of likely N-dealkylation sites (tertiary alicyclic amines) is 1. The Bertz CT molecular complexity index is 1110. The molecule has 2 aromatic carbocycles. The van der Waals surface area contributed by atoms with Gasteiger partial charge in [-0.1, -0.05) is 42.5 Å². The number of piperidine rings is 1. The molecule has 0 bridgehead atoms. The zero-order chi connectivity index (χ0) is 21.8. The molecule has 0 unspecified atom stereocenters. The summed E-state index contributed by atoms with van der Waals surface area (Å²) in [5.74, 6) is -0.723. The number of carbonyl (C=O) groups excluding carboxylic acids is 3. The highest BCUT2D eigenvalue weighted by Crippen LogP contribution is 2.35. The summed E-state index contributed by atoms with van der Waals surface area (Å²) in [7, 11) is 0. The van der Waals surface area contributed by atoms with Crippen molar-refractivity contribution >= 4 is 34.1 Å². The van der Waals surface area contributed by atoms with Gasteiger partial charge in [-0.15, -0.1) is 11.3 Å². The average molecular weight is 434 g/mol. The number of hydrogen-bond acceptors (Lipinski definition) is 4. The van der Waals surface area contributed by atoms with Crippen LogP contribution >= 0.6 is 11.3 Å². The lowest BCUT2D eigenvalue weighted by Gasteiger charge is -2.26. The second-order valence-corrected chi connectivity index (χ2v) is 8.56. The third-order valence-corrected chi connectivity index (χ3v) is 6.39. The maximum atomic E-state index is 12.8. The minimum Gasteiger partial charge on any atom is -0.366 e. The Morgan fingerprint density at radius 2 is 1.77 bits per heavy atom. The Balaban J connectivity index is 1.48. The summed E-state index contributed by atoms with van der Waals surface area (Å²) in [6.45, 7) is 1.33. The zero-order valence-electron chi connectivity index (χ0n) is 17.0. The van der Waals surface area contributed by atoms with Crippen molar-refractivity contribution in [3.63, 3.8) is 0 Å². The van der Waals surface area contributed by atoms with Crippen LogP contribution < -0.4 is 11.1 Å². The highest BCUT2D eigenvalue weighted by Gasteiger charge is 2.19. The first-order chi connectivity index (χ1) is 15.0. The van der Waals surface area contributed by atoms with E-state index in [9.17, 15) is 14.4 Å². The minimum atomic E-state index is -0.588. The van der Waals surface area contributed by atoms with Crippen molar-refractivity contribution in [2.24, 2.45) is 5.73 Å². The Morgan fingerprint density at radius 3 is 2.45 bits per heavy atom. The zero-order valence-corrected chi connectivity index (χ0v) is 17.8. The molecule has 1 fully saturated rings. The molecule has 31 heavy (non-hydrogen) atoms. The van der Waals surface area contributed by atoms with E-state index in [1.165, 1.54) is 11.3 Å². The van der Waals surface area contributed by atoms with Crippen LogP contribution in [0, 0.1) is 0 Å². The molecule has 0 spiro atoms. The molecule has 3 aromatic rings. The Morgan fingerprint density at radius 1 is 1.03 bits per heavy atom. The molecule has 4 rings (SSSR count). The molecule has 0 aliphatic carbocycles. The first-order valence-electron chi connectivity index (χ1n) is 10.2. The third-order valence-electron chi connectivity index (χ3n) is 5.29. The summed E-state index contributed by atoms with van der Waals surface area (Å²) in [5, 5.41) is 3.25. The molecule has 1 aliphatic heterocycles. The number of amides is 3. The molecule has 2 heterocycles. The summed E-state index contributed by atoms with van der Waals surface area (Å²) in [6, 6.07) is 18.5. The number of benzene rings is 2. The van der Waals surface area contributed by atoms with Gasteiger partial charge in [0.2, 0.25) is 5.91 Å². The van der Waals surface area contributed by atoms with E-state index in [-0.39, 0.29) is 17.4 Å². The number of nitrogens with two attached hydrogens (primary N) is 1. The predicted molar refractivity (Wildman–Crippen MR) is 122 cm³/mol. The molecule has 1 aliphatic rings. The van der Waals surface area contributed by atoms with Crippen molar-refractivity contribution in [1.29, 1.82) is 0 Å². The van der Waals surface area contributed by atoms with Crippen LogP contribution in [0.25, 0.3) is 10.4 Å². The van der Waals surface area contributed by atoms with E-state index in [2.05, 4.69) is 5.32 Å². The largest absolute Gasteiger partial charge is 0.366 e. The van der Waals surface area contributed by atoms with E-state index in [1.807, 2.05) is 47.4 Å². The Hall–Kier alpha value is -3.45. The van der Waals surface area contributed by atoms with Gasteiger partial charge in [0.05, 0.1) is 5.56 Å². The summed E-state index contributed by atoms with van der Waals surface area (Å²) in [5.41, 5.74) is 8.21. The van der Waals surface area contributed by atoms with E-state index in [0.29, 0.717) is 23.5 Å². The van der Waals surface area contributed by atoms with Crippen molar-refractivity contribution in [3.05, 3.63) is 77.4 Å². The van der Waals surface area contributed by atoms with Crippen molar-refractivity contribution in [3.8, 4) is 10.4 Å². The average Bonchev–Trinajstić information content (AvgIpc) is 3.20. The van der Waals surface area contributed by atoms with Crippen LogP contribution in [-0.2, 0) is 11.3 Å². The fourth-order valence-electron chi connectivity index (χ4n) is 3.60. The van der Waals surface area contributed by atoms with Gasteiger partial charge in [-0.2, -0.15) is 0 Å². The molecule has 1 aromatic heterocycles. The van der Waals surface area contributed by atoms with E-state index in [0.717, 1.165) is 35.4 Å². The topological polar surface area (TPSA) is 92.5 Å². The maximum Gasteiger partial charge on any atom is 0.256 e. The molecule has 0 saturated carbocycles. The van der Waals surface area contributed by atoms with Crippen LogP contribution in [0.3, 0.4) is 0 Å². The lowest BCUT2D eigenvalue weighted by Crippen LogP contribution is -2.34. The maximum absolute atomic E-state index is 12.8. The molecule has 0 radical (unpaired) electrons. The van der Waals surface area contributed by atoms with Gasteiger partial charge < -0.3 is 16.0 Å². The number of anilines is 1. The second kappa shape index (κ2) is 9.14. The monoisotopic (exact) mass is 433 g/mol. The molecule has 6 nitrogen and oxygen atoms in total. The van der Waals surface area contributed by atoms with Gasteiger partial charge in [0.25, 0.3) is 11.8 Å². The van der Waals surface area contributed by atoms with Gasteiger partial charge in [0.1, 0.15) is 5.00 Å². The quantitative estimate of drug-likeness (QED) is 0.608. The van der Waals surface area contributed by atoms with Crippen LogP contribution in [0.1, 0.15) is 45.5 Å². The molecular weight excluding hydrogens is 410 g/mol. The van der Waals surface area contributed by atoms with Gasteiger partial charge in [-0.3, -0.25) is 14.4 Å². The first kappa shape index (κ1) is 20.8. The number of carbonyl (C=O) groups is 3. The normalized spacial score (nSPS) is 13.8. The van der Waals surface area contributed by atoms with Gasteiger partial charge >= 0.3 is 0 Å². The van der Waals surface area contributed by atoms with E-state index in [4.69, 9.17) is 5.73 Å². The molecule has 3 amide bonds. The molecule has 158 valence electrons. The van der Waals surface area contributed by atoms with Crippen molar-refractivity contribution < 1.29 is 14.4 Å². The summed E-state index contributed by atoms with van der Waals surface area (Å²) < 4.78 is 0. The molecule has 3 N–H and O–H groups in total. The number of thiophene rings is 1. The van der Waals surface area contributed by atoms with Crippen molar-refractivity contribution in [2.75, 3.05) is 11.9 Å². The summed E-state index contributed by atoms with van der Waals surface area (Å²) >= 11 is 1.31. The van der Waals surface area contributed by atoms with E-state index in [1.54, 1.807) is 18.2 Å². The highest BCUT2D eigenvalue weighted by molar-refractivity contribution is 7.20.